The van der Waals surface area contributed by atoms with Crippen LogP contribution < -0.4 is 4.90 Å². The van der Waals surface area contributed by atoms with E-state index in [1.54, 1.807) is 6.21 Å². The van der Waals surface area contributed by atoms with Gasteiger partial charge in [0.05, 0.1) is 5.70 Å². The van der Waals surface area contributed by atoms with Gasteiger partial charge in [-0.05, 0) is 52.2 Å². The molecule has 6 nitrogen and oxygen atoms in total. The number of para-hydroxylation sites is 1. The topological polar surface area (TPSA) is 62.2 Å². The Morgan fingerprint density at radius 3 is 2.50 bits per heavy atom. The highest BCUT2D eigenvalue weighted by atomic mass is 16.6. The third-order valence-electron chi connectivity index (χ3n) is 5.69. The summed E-state index contributed by atoms with van der Waals surface area (Å²) in [5, 5.41) is 0. The molecule has 1 saturated heterocycles. The van der Waals surface area contributed by atoms with Crippen molar-refractivity contribution in [1.29, 1.82) is 0 Å². The molecule has 3 aliphatic heterocycles. The molecule has 0 aromatic heterocycles. The first-order valence-corrected chi connectivity index (χ1v) is 9.88. The summed E-state index contributed by atoms with van der Waals surface area (Å²) in [7, 11) is 0. The fraction of sp³-hybridized carbons (Fsp3) is 0.500. The number of amides is 1. The molecule has 0 spiro atoms. The van der Waals surface area contributed by atoms with E-state index in [0.29, 0.717) is 30.9 Å². The van der Waals surface area contributed by atoms with Crippen molar-refractivity contribution in [2.75, 3.05) is 24.7 Å². The lowest BCUT2D eigenvalue weighted by molar-refractivity contribution is -0.165. The second kappa shape index (κ2) is 6.47. The fourth-order valence-electron chi connectivity index (χ4n) is 4.42. The Bertz CT molecular complexity index is 891. The maximum atomic E-state index is 13.9. The normalized spacial score (nSPS) is 23.7. The van der Waals surface area contributed by atoms with E-state index in [9.17, 15) is 9.59 Å². The van der Waals surface area contributed by atoms with Crippen molar-refractivity contribution in [3.05, 3.63) is 41.1 Å². The van der Waals surface area contributed by atoms with Gasteiger partial charge in [-0.25, -0.2) is 0 Å². The predicted molar refractivity (Wildman–Crippen MR) is 108 cm³/mol. The molecule has 1 atom stereocenters. The molecule has 0 radical (unpaired) electrons. The average molecular weight is 381 g/mol. The zero-order chi connectivity index (χ0) is 20.1. The van der Waals surface area contributed by atoms with Crippen LogP contribution in [-0.4, -0.2) is 48.4 Å². The molecule has 1 unspecified atom stereocenters. The van der Waals surface area contributed by atoms with Crippen LogP contribution in [0.2, 0.25) is 0 Å². The van der Waals surface area contributed by atoms with Crippen molar-refractivity contribution in [2.24, 2.45) is 4.99 Å². The maximum absolute atomic E-state index is 13.9. The molecule has 1 amide bonds. The van der Waals surface area contributed by atoms with E-state index in [0.717, 1.165) is 24.2 Å². The van der Waals surface area contributed by atoms with Gasteiger partial charge < -0.3 is 14.5 Å². The van der Waals surface area contributed by atoms with Crippen molar-refractivity contribution in [3.8, 4) is 0 Å². The monoisotopic (exact) mass is 381 g/mol. The third kappa shape index (κ3) is 2.65. The van der Waals surface area contributed by atoms with Gasteiger partial charge in [0.2, 0.25) is 5.91 Å². The molecule has 4 rings (SSSR count). The molecule has 6 heteroatoms. The number of carbonyl (C=O) groups excluding carboxylic acids is 2. The number of fused-ring (bicyclic) bond motifs is 3. The predicted octanol–water partition coefficient (Wildman–Crippen LogP) is 3.02. The van der Waals surface area contributed by atoms with E-state index in [2.05, 4.69) is 9.89 Å². The number of carbonyl (C=O) groups is 2. The summed E-state index contributed by atoms with van der Waals surface area (Å²) in [4.78, 5) is 35.9. The number of ether oxygens (including phenoxy) is 1. The standard InChI is InChI=1S/C22H27N3O3/c1-15-18-13-23-14-25(18)17-10-6-5-9-16(17)22(15,20(27)28-21(2,3)4)19(26)24-11-7-8-12-24/h5-6,9-10,13H,7-8,11-12,14H2,1-4H3. The van der Waals surface area contributed by atoms with Crippen molar-refractivity contribution in [3.63, 3.8) is 0 Å². The highest BCUT2D eigenvalue weighted by molar-refractivity contribution is 6.16. The molecule has 3 aliphatic rings. The van der Waals surface area contributed by atoms with Crippen LogP contribution in [0, 0.1) is 0 Å². The zero-order valence-electron chi connectivity index (χ0n) is 17.0. The van der Waals surface area contributed by atoms with Crippen molar-refractivity contribution in [2.45, 2.75) is 51.6 Å². The summed E-state index contributed by atoms with van der Waals surface area (Å²) in [5.41, 5.74) is 0.870. The van der Waals surface area contributed by atoms with Crippen molar-refractivity contribution < 1.29 is 14.3 Å². The van der Waals surface area contributed by atoms with Gasteiger partial charge in [-0.15, -0.1) is 0 Å². The van der Waals surface area contributed by atoms with Gasteiger partial charge in [0.25, 0.3) is 0 Å². The van der Waals surface area contributed by atoms with Gasteiger partial charge in [0, 0.05) is 30.6 Å². The second-order valence-corrected chi connectivity index (χ2v) is 8.66. The molecule has 0 N–H and O–H groups in total. The first kappa shape index (κ1) is 18.7. The summed E-state index contributed by atoms with van der Waals surface area (Å²) in [6.07, 6.45) is 3.68. The van der Waals surface area contributed by atoms with Crippen molar-refractivity contribution in [1.82, 2.24) is 4.90 Å². The maximum Gasteiger partial charge on any atom is 0.331 e. The van der Waals surface area contributed by atoms with Gasteiger partial charge in [0.1, 0.15) is 12.3 Å². The van der Waals surface area contributed by atoms with Gasteiger partial charge in [-0.1, -0.05) is 18.2 Å². The Morgan fingerprint density at radius 2 is 1.82 bits per heavy atom. The molecule has 0 bridgehead atoms. The third-order valence-corrected chi connectivity index (χ3v) is 5.69. The molecule has 28 heavy (non-hydrogen) atoms. The quantitative estimate of drug-likeness (QED) is 0.584. The van der Waals surface area contributed by atoms with Crippen LogP contribution in [-0.2, 0) is 19.7 Å². The lowest BCUT2D eigenvalue weighted by atomic mass is 9.69. The number of allylic oxidation sites excluding steroid dienone is 1. The molecule has 1 aromatic rings. The van der Waals surface area contributed by atoms with E-state index in [4.69, 9.17) is 4.74 Å². The second-order valence-electron chi connectivity index (χ2n) is 8.66. The fourth-order valence-corrected chi connectivity index (χ4v) is 4.42. The highest BCUT2D eigenvalue weighted by Crippen LogP contribution is 2.48. The number of rotatable bonds is 2. The van der Waals surface area contributed by atoms with Crippen LogP contribution in [0.15, 0.2) is 40.5 Å². The Labute approximate surface area is 165 Å². The summed E-state index contributed by atoms with van der Waals surface area (Å²) in [5.74, 6) is -0.689. The van der Waals surface area contributed by atoms with Crippen LogP contribution in [0.3, 0.4) is 0 Å². The van der Waals surface area contributed by atoms with Gasteiger partial charge in [0.15, 0.2) is 5.41 Å². The van der Waals surface area contributed by atoms with Crippen LogP contribution in [0.1, 0.15) is 46.1 Å². The molecule has 3 heterocycles. The van der Waals surface area contributed by atoms with E-state index < -0.39 is 17.0 Å². The Hall–Kier alpha value is -2.63. The molecular weight excluding hydrogens is 354 g/mol. The van der Waals surface area contributed by atoms with E-state index >= 15 is 0 Å². The minimum atomic E-state index is -1.48. The smallest absolute Gasteiger partial charge is 0.331 e. The molecule has 148 valence electrons. The van der Waals surface area contributed by atoms with Crippen molar-refractivity contribution >= 4 is 23.8 Å². The number of nitrogens with zero attached hydrogens (tertiary/aromatic N) is 3. The molecule has 0 saturated carbocycles. The van der Waals surface area contributed by atoms with Crippen LogP contribution >= 0.6 is 0 Å². The number of hydrogen-bond acceptors (Lipinski definition) is 5. The van der Waals surface area contributed by atoms with E-state index in [-0.39, 0.29) is 5.91 Å². The Morgan fingerprint density at radius 1 is 1.14 bits per heavy atom. The largest absolute Gasteiger partial charge is 0.459 e. The first-order valence-electron chi connectivity index (χ1n) is 9.88. The molecule has 1 aromatic carbocycles. The summed E-state index contributed by atoms with van der Waals surface area (Å²) in [6.45, 7) is 9.20. The highest BCUT2D eigenvalue weighted by Gasteiger charge is 2.58. The lowest BCUT2D eigenvalue weighted by Crippen LogP contribution is -2.56. The first-order chi connectivity index (χ1) is 13.3. The Balaban J connectivity index is 1.98. The summed E-state index contributed by atoms with van der Waals surface area (Å²) in [6, 6.07) is 7.64. The van der Waals surface area contributed by atoms with Crippen LogP contribution in [0.25, 0.3) is 0 Å². The van der Waals surface area contributed by atoms with Gasteiger partial charge in [-0.2, -0.15) is 0 Å². The molecule has 1 fully saturated rings. The summed E-state index contributed by atoms with van der Waals surface area (Å²) < 4.78 is 5.85. The van der Waals surface area contributed by atoms with E-state index in [1.807, 2.05) is 56.9 Å². The van der Waals surface area contributed by atoms with Crippen LogP contribution in [0.5, 0.6) is 0 Å². The number of anilines is 1. The molecular formula is C22H27N3O3. The molecule has 0 aliphatic carbocycles. The Kier molecular flexibility index (Phi) is 4.32. The number of esters is 1. The SMILES string of the molecule is CC1=C2C=NCN2c2ccccc2C1(C(=O)OC(C)(C)C)C(=O)N1CCCC1. The number of aliphatic imine (C=N–C) groups is 1. The number of benzene rings is 1. The minimum Gasteiger partial charge on any atom is -0.459 e. The van der Waals surface area contributed by atoms with E-state index in [1.165, 1.54) is 0 Å². The zero-order valence-corrected chi connectivity index (χ0v) is 17.0. The van der Waals surface area contributed by atoms with Gasteiger partial charge in [-0.3, -0.25) is 14.6 Å². The average Bonchev–Trinajstić information content (AvgIpc) is 3.32. The van der Waals surface area contributed by atoms with Gasteiger partial charge >= 0.3 is 5.97 Å². The lowest BCUT2D eigenvalue weighted by Gasteiger charge is -2.43. The minimum absolute atomic E-state index is 0.184. The number of likely N-dealkylation sites (tertiary alicyclic amines) is 1. The number of hydrogen-bond donors (Lipinski definition) is 0. The van der Waals surface area contributed by atoms with Crippen LogP contribution in [0.4, 0.5) is 5.69 Å². The summed E-state index contributed by atoms with van der Waals surface area (Å²) >= 11 is 0.